The normalized spacial score (nSPS) is 10.6. The van der Waals surface area contributed by atoms with Crippen molar-refractivity contribution in [2.75, 3.05) is 0 Å². The Bertz CT molecular complexity index is 455. The van der Waals surface area contributed by atoms with E-state index in [4.69, 9.17) is 30.2 Å². The standard InChI is InChI=1S/C8H5ClNS2.ClHO4/c9-7-3-1-2-6(4-7)8-10-12-5-11-8;2-1(3,4)5/h1-5H;(H,2,3,4,5)/q+1;/p-1. The molecule has 5 nitrogen and oxygen atoms in total. The second-order valence-corrected chi connectivity index (χ2v) is 5.58. The highest BCUT2D eigenvalue weighted by Crippen LogP contribution is 2.25. The van der Waals surface area contributed by atoms with Crippen molar-refractivity contribution < 1.29 is 28.9 Å². The molecular formula is C8H5Cl2NO4S2. The molecule has 2 rings (SSSR count). The lowest BCUT2D eigenvalue weighted by molar-refractivity contribution is -2.00. The van der Waals surface area contributed by atoms with Gasteiger partial charge in [-0.15, -0.1) is 10.2 Å². The monoisotopic (exact) mass is 313 g/mol. The first-order valence-electron chi connectivity index (χ1n) is 3.96. The molecule has 92 valence electrons. The fourth-order valence-electron chi connectivity index (χ4n) is 0.900. The van der Waals surface area contributed by atoms with E-state index in [1.54, 1.807) is 11.3 Å². The third-order valence-electron chi connectivity index (χ3n) is 1.41. The van der Waals surface area contributed by atoms with E-state index in [1.165, 1.54) is 11.5 Å². The summed E-state index contributed by atoms with van der Waals surface area (Å²) in [5.41, 5.74) is 1.09. The Morgan fingerprint density at radius 2 is 1.88 bits per heavy atom. The Labute approximate surface area is 112 Å². The van der Waals surface area contributed by atoms with Crippen LogP contribution in [0.4, 0.5) is 0 Å². The molecule has 9 heteroatoms. The van der Waals surface area contributed by atoms with Crippen LogP contribution in [0.2, 0.25) is 5.02 Å². The van der Waals surface area contributed by atoms with Crippen LogP contribution in [0.5, 0.6) is 0 Å². The highest BCUT2D eigenvalue weighted by atomic mass is 35.7. The Hall–Kier alpha value is -0.380. The van der Waals surface area contributed by atoms with Crippen molar-refractivity contribution in [2.45, 2.75) is 0 Å². The molecule has 0 saturated heterocycles. The fraction of sp³-hybridized carbons (Fsp3) is 0. The van der Waals surface area contributed by atoms with E-state index in [0.717, 1.165) is 15.6 Å². The first kappa shape index (κ1) is 14.7. The van der Waals surface area contributed by atoms with Crippen LogP contribution in [-0.2, 0) is 0 Å². The van der Waals surface area contributed by atoms with Crippen LogP contribution in [0.15, 0.2) is 29.0 Å². The SMILES string of the molecule is Clc1cccc(-c2nsc[s+]2)c1.[O-][Cl+3]([O-])([O-])[O-]. The molecule has 0 saturated carbocycles. The number of hydrogen-bond donors (Lipinski definition) is 0. The molecule has 0 radical (unpaired) electrons. The maximum atomic E-state index is 8.49. The summed E-state index contributed by atoms with van der Waals surface area (Å²) >= 11 is 8.94. The van der Waals surface area contributed by atoms with Crippen molar-refractivity contribution in [1.82, 2.24) is 4.37 Å². The summed E-state index contributed by atoms with van der Waals surface area (Å²) in [7, 11) is -4.94. The van der Waals surface area contributed by atoms with Crippen molar-refractivity contribution in [3.05, 3.63) is 34.0 Å². The topological polar surface area (TPSA) is 105 Å². The van der Waals surface area contributed by atoms with Crippen LogP contribution in [0, 0.1) is 10.2 Å². The van der Waals surface area contributed by atoms with Gasteiger partial charge in [0.15, 0.2) is 0 Å². The molecule has 0 unspecified atom stereocenters. The lowest BCUT2D eigenvalue weighted by atomic mass is 10.2. The first-order chi connectivity index (χ1) is 7.86. The molecule has 0 aliphatic heterocycles. The predicted octanol–water partition coefficient (Wildman–Crippen LogP) is -0.950. The summed E-state index contributed by atoms with van der Waals surface area (Å²) in [6, 6.07) is 7.73. The molecule has 0 fully saturated rings. The van der Waals surface area contributed by atoms with Gasteiger partial charge in [0.25, 0.3) is 9.70 Å². The highest BCUT2D eigenvalue weighted by Gasteiger charge is 2.08. The molecule has 0 bridgehead atoms. The van der Waals surface area contributed by atoms with Crippen LogP contribution in [0.3, 0.4) is 0 Å². The number of nitrogens with zero attached hydrogens (tertiary/aromatic N) is 1. The maximum absolute atomic E-state index is 8.49. The summed E-state index contributed by atoms with van der Waals surface area (Å²) in [4.78, 5) is 0. The lowest BCUT2D eigenvalue weighted by Crippen LogP contribution is -2.68. The van der Waals surface area contributed by atoms with Crippen LogP contribution >= 0.6 is 34.5 Å². The molecule has 1 aromatic carbocycles. The molecular weight excluding hydrogens is 309 g/mol. The van der Waals surface area contributed by atoms with E-state index < -0.39 is 10.2 Å². The minimum atomic E-state index is -4.94. The van der Waals surface area contributed by atoms with Crippen LogP contribution in [-0.4, -0.2) is 4.37 Å². The van der Waals surface area contributed by atoms with Crippen molar-refractivity contribution in [3.63, 3.8) is 0 Å². The molecule has 1 aromatic heterocycles. The van der Waals surface area contributed by atoms with Crippen LogP contribution < -0.4 is 18.6 Å². The van der Waals surface area contributed by atoms with Crippen molar-refractivity contribution in [3.8, 4) is 10.6 Å². The second kappa shape index (κ2) is 6.53. The average molecular weight is 314 g/mol. The molecule has 0 aliphatic carbocycles. The van der Waals surface area contributed by atoms with E-state index >= 15 is 0 Å². The van der Waals surface area contributed by atoms with E-state index in [2.05, 4.69) is 4.37 Å². The zero-order valence-corrected chi connectivity index (χ0v) is 11.2. The summed E-state index contributed by atoms with van der Waals surface area (Å²) in [5.74, 6) is 0. The summed E-state index contributed by atoms with van der Waals surface area (Å²) < 4.78 is 40.2. The largest absolute Gasteiger partial charge is 0.268 e. The van der Waals surface area contributed by atoms with Gasteiger partial charge in [-0.2, -0.15) is 0 Å². The van der Waals surface area contributed by atoms with Gasteiger partial charge >= 0.3 is 0 Å². The third kappa shape index (κ3) is 6.81. The first-order valence-corrected chi connectivity index (χ1v) is 7.29. The summed E-state index contributed by atoms with van der Waals surface area (Å²) in [5, 5.41) is 1.79. The number of aromatic nitrogens is 1. The fourth-order valence-corrected chi connectivity index (χ4v) is 2.56. The third-order valence-corrected chi connectivity index (χ3v) is 3.33. The van der Waals surface area contributed by atoms with Crippen molar-refractivity contribution in [2.24, 2.45) is 0 Å². The Morgan fingerprint density at radius 3 is 2.35 bits per heavy atom. The number of hydrogen-bond acceptors (Lipinski definition) is 6. The molecule has 1 heterocycles. The van der Waals surface area contributed by atoms with Gasteiger partial charge in [0, 0.05) is 10.6 Å². The van der Waals surface area contributed by atoms with Crippen molar-refractivity contribution in [1.29, 1.82) is 0 Å². The van der Waals surface area contributed by atoms with E-state index in [0.29, 0.717) is 0 Å². The van der Waals surface area contributed by atoms with Gasteiger partial charge in [-0.1, -0.05) is 17.7 Å². The van der Waals surface area contributed by atoms with Crippen molar-refractivity contribution >= 4 is 34.5 Å². The van der Waals surface area contributed by atoms with Crippen LogP contribution in [0.25, 0.3) is 10.6 Å². The second-order valence-electron chi connectivity index (χ2n) is 2.60. The zero-order valence-electron chi connectivity index (χ0n) is 8.04. The van der Waals surface area contributed by atoms with Gasteiger partial charge in [-0.25, -0.2) is 18.6 Å². The Balaban J connectivity index is 0.000000249. The molecule has 17 heavy (non-hydrogen) atoms. The number of halogens is 2. The van der Waals surface area contributed by atoms with Crippen LogP contribution in [0.1, 0.15) is 0 Å². The van der Waals surface area contributed by atoms with E-state index in [1.807, 2.05) is 29.0 Å². The summed E-state index contributed by atoms with van der Waals surface area (Å²) in [6.07, 6.45) is 0. The number of rotatable bonds is 1. The van der Waals surface area contributed by atoms with Gasteiger partial charge in [0.1, 0.15) is 11.3 Å². The zero-order chi connectivity index (χ0) is 12.9. The Morgan fingerprint density at radius 1 is 1.24 bits per heavy atom. The minimum absolute atomic E-state index is 0.757. The molecule has 2 aromatic rings. The smallest absolute Gasteiger partial charge is 0.222 e. The number of benzene rings is 1. The highest BCUT2D eigenvalue weighted by molar-refractivity contribution is 7.26. The lowest BCUT2D eigenvalue weighted by Gasteiger charge is -2.17. The van der Waals surface area contributed by atoms with E-state index in [-0.39, 0.29) is 0 Å². The van der Waals surface area contributed by atoms with Gasteiger partial charge in [0.2, 0.25) is 11.5 Å². The average Bonchev–Trinajstić information content (AvgIpc) is 2.67. The molecule has 0 atom stereocenters. The van der Waals surface area contributed by atoms with Gasteiger partial charge in [0.05, 0.1) is 0 Å². The van der Waals surface area contributed by atoms with Gasteiger partial charge < -0.3 is 0 Å². The van der Waals surface area contributed by atoms with Gasteiger partial charge in [-0.3, -0.25) is 0 Å². The molecule has 0 N–H and O–H groups in total. The quantitative estimate of drug-likeness (QED) is 0.631. The predicted molar refractivity (Wildman–Crippen MR) is 54.8 cm³/mol. The summed E-state index contributed by atoms with van der Waals surface area (Å²) in [6.45, 7) is 0. The molecule has 0 spiro atoms. The maximum Gasteiger partial charge on any atom is 0.268 e. The Kier molecular flexibility index (Phi) is 5.63. The minimum Gasteiger partial charge on any atom is -0.222 e. The van der Waals surface area contributed by atoms with Gasteiger partial charge in [-0.05, 0) is 22.6 Å². The molecule has 0 aliphatic rings. The molecule has 0 amide bonds. The van der Waals surface area contributed by atoms with E-state index in [9.17, 15) is 0 Å².